The Kier molecular flexibility index (Phi) is 4.61. The standard InChI is InChI=1S/C15H15N3O3/c1-11(2)21-15(20)14(19)17-12-8-9-18(16-10-12)13-6-4-3-5-7-13/h3-11H,1-2H3. The number of hydrogen-bond acceptors (Lipinski definition) is 4. The van der Waals surface area contributed by atoms with E-state index >= 15 is 0 Å². The van der Waals surface area contributed by atoms with Gasteiger partial charge in [-0.15, -0.1) is 0 Å². The minimum atomic E-state index is -0.968. The predicted molar refractivity (Wildman–Crippen MR) is 75.4 cm³/mol. The van der Waals surface area contributed by atoms with Crippen molar-refractivity contribution >= 4 is 11.9 Å². The van der Waals surface area contributed by atoms with Crippen molar-refractivity contribution in [2.75, 3.05) is 0 Å². The fourth-order valence-electron chi connectivity index (χ4n) is 1.58. The number of para-hydroxylation sites is 1. The number of carbonyl (C=O) groups is 2. The van der Waals surface area contributed by atoms with Crippen molar-refractivity contribution in [3.63, 3.8) is 0 Å². The molecule has 0 aliphatic carbocycles. The summed E-state index contributed by atoms with van der Waals surface area (Å²) in [6, 6.07) is 11.1. The first-order valence-corrected chi connectivity index (χ1v) is 6.46. The quantitative estimate of drug-likeness (QED) is 0.615. The maximum absolute atomic E-state index is 11.5. The summed E-state index contributed by atoms with van der Waals surface area (Å²) in [5, 5.41) is 4.44. The highest BCUT2D eigenvalue weighted by molar-refractivity contribution is 6.32. The minimum Gasteiger partial charge on any atom is -0.456 e. The molecule has 2 rings (SSSR count). The molecule has 6 nitrogen and oxygen atoms in total. The largest absolute Gasteiger partial charge is 0.456 e. The predicted octanol–water partition coefficient (Wildman–Crippen LogP) is 1.25. The van der Waals surface area contributed by atoms with Crippen LogP contribution in [-0.2, 0) is 14.3 Å². The maximum Gasteiger partial charge on any atom is 0.399 e. The molecule has 1 amide bonds. The van der Waals surface area contributed by atoms with Crippen molar-refractivity contribution in [2.45, 2.75) is 20.0 Å². The summed E-state index contributed by atoms with van der Waals surface area (Å²) in [6.45, 7) is 3.33. The van der Waals surface area contributed by atoms with Crippen molar-refractivity contribution < 1.29 is 14.3 Å². The molecule has 0 saturated carbocycles. The van der Waals surface area contributed by atoms with E-state index in [9.17, 15) is 9.59 Å². The fraction of sp³-hybridized carbons (Fsp3) is 0.200. The fourth-order valence-corrected chi connectivity index (χ4v) is 1.58. The first kappa shape index (κ1) is 14.6. The highest BCUT2D eigenvalue weighted by Crippen LogP contribution is 2.02. The molecular formula is C15H15N3O3. The van der Waals surface area contributed by atoms with Crippen LogP contribution in [0.5, 0.6) is 0 Å². The first-order valence-electron chi connectivity index (χ1n) is 6.46. The van der Waals surface area contributed by atoms with Crippen molar-refractivity contribution in [1.29, 1.82) is 0 Å². The van der Waals surface area contributed by atoms with Gasteiger partial charge in [0.2, 0.25) is 0 Å². The molecule has 0 atom stereocenters. The number of amides is 1. The second-order valence-corrected chi connectivity index (χ2v) is 4.54. The Hall–Kier alpha value is -2.76. The molecule has 1 aromatic carbocycles. The third kappa shape index (κ3) is 4.10. The Morgan fingerprint density at radius 2 is 1.90 bits per heavy atom. The van der Waals surface area contributed by atoms with Crippen LogP contribution in [0.3, 0.4) is 0 Å². The van der Waals surface area contributed by atoms with Crippen LogP contribution in [0.4, 0.5) is 0 Å². The third-order valence-electron chi connectivity index (χ3n) is 2.47. The van der Waals surface area contributed by atoms with Crippen LogP contribution >= 0.6 is 0 Å². The van der Waals surface area contributed by atoms with Gasteiger partial charge in [-0.2, -0.15) is 5.10 Å². The lowest BCUT2D eigenvalue weighted by Gasteiger charge is -2.04. The Morgan fingerprint density at radius 3 is 2.48 bits per heavy atom. The summed E-state index contributed by atoms with van der Waals surface area (Å²) in [5.74, 6) is -1.91. The number of hydrogen-bond donors (Lipinski definition) is 0. The minimum absolute atomic E-state index is 0.299. The van der Waals surface area contributed by atoms with Crippen LogP contribution in [0.2, 0.25) is 0 Å². The number of carbonyl (C=O) groups excluding carboxylic acids is 2. The highest BCUT2D eigenvalue weighted by atomic mass is 16.5. The number of ether oxygens (including phenoxy) is 1. The van der Waals surface area contributed by atoms with Gasteiger partial charge in [0.25, 0.3) is 0 Å². The van der Waals surface area contributed by atoms with Gasteiger partial charge in [-0.25, -0.2) is 14.5 Å². The lowest BCUT2D eigenvalue weighted by molar-refractivity contribution is -0.156. The van der Waals surface area contributed by atoms with Crippen molar-refractivity contribution in [1.82, 2.24) is 9.78 Å². The molecular weight excluding hydrogens is 270 g/mol. The molecule has 1 heterocycles. The Labute approximate surface area is 121 Å². The van der Waals surface area contributed by atoms with E-state index in [1.165, 1.54) is 6.20 Å². The van der Waals surface area contributed by atoms with Gasteiger partial charge in [0, 0.05) is 6.20 Å². The van der Waals surface area contributed by atoms with Gasteiger partial charge in [0.15, 0.2) is 0 Å². The smallest absolute Gasteiger partial charge is 0.399 e. The molecule has 0 spiro atoms. The van der Waals surface area contributed by atoms with Crippen LogP contribution in [0.25, 0.3) is 5.69 Å². The van der Waals surface area contributed by atoms with Gasteiger partial charge in [0.05, 0.1) is 23.3 Å². The molecule has 21 heavy (non-hydrogen) atoms. The third-order valence-corrected chi connectivity index (χ3v) is 2.47. The molecule has 0 aliphatic heterocycles. The van der Waals surface area contributed by atoms with E-state index in [0.29, 0.717) is 5.36 Å². The van der Waals surface area contributed by atoms with Crippen LogP contribution in [0.1, 0.15) is 13.8 Å². The average Bonchev–Trinajstić information content (AvgIpc) is 2.48. The lowest BCUT2D eigenvalue weighted by atomic mass is 10.3. The van der Waals surface area contributed by atoms with E-state index < -0.39 is 11.9 Å². The molecule has 0 saturated heterocycles. The topological polar surface area (TPSA) is 73.6 Å². The van der Waals surface area contributed by atoms with Gasteiger partial charge < -0.3 is 4.74 Å². The Balaban J connectivity index is 2.17. The van der Waals surface area contributed by atoms with E-state index in [2.05, 4.69) is 10.1 Å². The summed E-state index contributed by atoms with van der Waals surface area (Å²) in [5.41, 5.74) is 0.884. The van der Waals surface area contributed by atoms with E-state index in [1.807, 2.05) is 30.3 Å². The van der Waals surface area contributed by atoms with E-state index in [4.69, 9.17) is 4.74 Å². The van der Waals surface area contributed by atoms with Gasteiger partial charge in [-0.1, -0.05) is 18.2 Å². The van der Waals surface area contributed by atoms with Gasteiger partial charge in [-0.3, -0.25) is 4.79 Å². The van der Waals surface area contributed by atoms with Crippen LogP contribution in [0, 0.1) is 0 Å². The molecule has 108 valence electrons. The summed E-state index contributed by atoms with van der Waals surface area (Å²) in [4.78, 5) is 26.5. The molecule has 0 aliphatic rings. The summed E-state index contributed by atoms with van der Waals surface area (Å²) < 4.78 is 6.40. The van der Waals surface area contributed by atoms with Crippen molar-refractivity contribution in [2.24, 2.45) is 4.99 Å². The second-order valence-electron chi connectivity index (χ2n) is 4.54. The van der Waals surface area contributed by atoms with Crippen LogP contribution in [-0.4, -0.2) is 27.8 Å². The second kappa shape index (κ2) is 6.60. The van der Waals surface area contributed by atoms with Crippen LogP contribution < -0.4 is 5.36 Å². The molecule has 0 bridgehead atoms. The van der Waals surface area contributed by atoms with Crippen molar-refractivity contribution in [3.05, 3.63) is 54.1 Å². The van der Waals surface area contributed by atoms with Gasteiger partial charge in [0.1, 0.15) is 0 Å². The molecule has 0 radical (unpaired) electrons. The normalized spacial score (nSPS) is 11.5. The SMILES string of the molecule is CC(C)OC(=O)C(=O)N=c1ccn(-c2ccccc2)nc1. The number of esters is 1. The molecule has 0 fully saturated rings. The summed E-state index contributed by atoms with van der Waals surface area (Å²) in [6.07, 6.45) is 2.72. The van der Waals surface area contributed by atoms with Crippen LogP contribution in [0.15, 0.2) is 53.8 Å². The summed E-state index contributed by atoms with van der Waals surface area (Å²) in [7, 11) is 0. The monoisotopic (exact) mass is 285 g/mol. The Morgan fingerprint density at radius 1 is 1.19 bits per heavy atom. The zero-order valence-electron chi connectivity index (χ0n) is 11.8. The molecule has 2 aromatic rings. The molecule has 0 unspecified atom stereocenters. The average molecular weight is 285 g/mol. The molecule has 0 N–H and O–H groups in total. The van der Waals surface area contributed by atoms with E-state index in [-0.39, 0.29) is 6.10 Å². The highest BCUT2D eigenvalue weighted by Gasteiger charge is 2.15. The van der Waals surface area contributed by atoms with E-state index in [0.717, 1.165) is 5.69 Å². The zero-order valence-corrected chi connectivity index (χ0v) is 11.8. The van der Waals surface area contributed by atoms with Crippen molar-refractivity contribution in [3.8, 4) is 5.69 Å². The lowest BCUT2D eigenvalue weighted by Crippen LogP contribution is -2.22. The van der Waals surface area contributed by atoms with Gasteiger partial charge >= 0.3 is 11.9 Å². The first-order chi connectivity index (χ1) is 10.1. The number of benzene rings is 1. The number of nitrogens with zero attached hydrogens (tertiary/aromatic N) is 3. The summed E-state index contributed by atoms with van der Waals surface area (Å²) >= 11 is 0. The maximum atomic E-state index is 11.5. The zero-order chi connectivity index (χ0) is 15.2. The van der Waals surface area contributed by atoms with E-state index in [1.54, 1.807) is 30.8 Å². The number of aromatic nitrogens is 2. The Bertz CT molecular complexity index is 685. The number of rotatable bonds is 2. The van der Waals surface area contributed by atoms with Gasteiger partial charge in [-0.05, 0) is 32.0 Å². The molecule has 6 heteroatoms. The molecule has 1 aromatic heterocycles.